The molecule has 0 aliphatic carbocycles. The fourth-order valence-corrected chi connectivity index (χ4v) is 1.72. The number of hydrogen-bond acceptors (Lipinski definition) is 0. The summed E-state index contributed by atoms with van der Waals surface area (Å²) in [6.07, 6.45) is 5.29. The van der Waals surface area contributed by atoms with E-state index in [0.717, 1.165) is 6.42 Å². The average molecular weight is 208 g/mol. The highest BCUT2D eigenvalue weighted by Crippen LogP contribution is 2.19. The van der Waals surface area contributed by atoms with Crippen LogP contribution in [0.15, 0.2) is 66.7 Å². The Bertz CT molecular complexity index is 449. The van der Waals surface area contributed by atoms with Crippen LogP contribution in [0.5, 0.6) is 0 Å². The van der Waals surface area contributed by atoms with E-state index in [0.29, 0.717) is 0 Å². The first-order valence-corrected chi connectivity index (χ1v) is 5.65. The third-order valence-corrected chi connectivity index (χ3v) is 2.65. The van der Waals surface area contributed by atoms with Crippen LogP contribution in [0.25, 0.3) is 11.1 Å². The smallest absolute Gasteiger partial charge is 0.00976 e. The maximum Gasteiger partial charge on any atom is -0.00976 e. The molecule has 16 heavy (non-hydrogen) atoms. The predicted octanol–water partition coefficient (Wildman–Crippen LogP) is 4.47. The van der Waals surface area contributed by atoms with Crippen LogP contribution in [-0.2, 0) is 6.42 Å². The summed E-state index contributed by atoms with van der Waals surface area (Å²) in [4.78, 5) is 0. The molecule has 0 spiro atoms. The van der Waals surface area contributed by atoms with Gasteiger partial charge in [0, 0.05) is 0 Å². The van der Waals surface area contributed by atoms with Gasteiger partial charge in [-0.2, -0.15) is 0 Å². The molecule has 2 rings (SSSR count). The van der Waals surface area contributed by atoms with E-state index in [1.807, 2.05) is 6.07 Å². The van der Waals surface area contributed by atoms with Crippen LogP contribution in [0.1, 0.15) is 12.5 Å². The molecule has 0 aromatic heterocycles. The molecule has 0 fully saturated rings. The highest BCUT2D eigenvalue weighted by molar-refractivity contribution is 5.63. The molecule has 0 amide bonds. The van der Waals surface area contributed by atoms with Crippen LogP contribution in [0.2, 0.25) is 0 Å². The molecule has 0 aliphatic rings. The lowest BCUT2D eigenvalue weighted by Gasteiger charge is -2.02. The topological polar surface area (TPSA) is 0 Å². The van der Waals surface area contributed by atoms with Crippen LogP contribution in [-0.4, -0.2) is 0 Å². The Morgan fingerprint density at radius 2 is 1.44 bits per heavy atom. The molecule has 0 saturated heterocycles. The summed E-state index contributed by atoms with van der Waals surface area (Å²) in [5, 5.41) is 0. The Balaban J connectivity index is 2.20. The molecule has 0 radical (unpaired) electrons. The zero-order valence-electron chi connectivity index (χ0n) is 9.56. The van der Waals surface area contributed by atoms with E-state index in [1.54, 1.807) is 0 Å². The van der Waals surface area contributed by atoms with Crippen molar-refractivity contribution in [3.63, 3.8) is 0 Å². The van der Waals surface area contributed by atoms with E-state index < -0.39 is 0 Å². The van der Waals surface area contributed by atoms with Crippen LogP contribution < -0.4 is 0 Å². The second kappa shape index (κ2) is 5.32. The van der Waals surface area contributed by atoms with Gasteiger partial charge in [-0.25, -0.2) is 0 Å². The summed E-state index contributed by atoms with van der Waals surface area (Å²) in [7, 11) is 0. The molecule has 0 bridgehead atoms. The SMILES string of the molecule is CC=CCc1ccc(-c2ccccc2)cc1. The van der Waals surface area contributed by atoms with Gasteiger partial charge in [-0.15, -0.1) is 0 Å². The molecule has 0 unspecified atom stereocenters. The molecule has 80 valence electrons. The van der Waals surface area contributed by atoms with E-state index in [-0.39, 0.29) is 0 Å². The largest absolute Gasteiger partial charge is 0.0913 e. The number of hydrogen-bond donors (Lipinski definition) is 0. The Kier molecular flexibility index (Phi) is 3.55. The summed E-state index contributed by atoms with van der Waals surface area (Å²) < 4.78 is 0. The van der Waals surface area contributed by atoms with Gasteiger partial charge in [0.25, 0.3) is 0 Å². The van der Waals surface area contributed by atoms with Crippen LogP contribution >= 0.6 is 0 Å². The first-order chi connectivity index (χ1) is 7.90. The van der Waals surface area contributed by atoms with Crippen molar-refractivity contribution in [1.82, 2.24) is 0 Å². The van der Waals surface area contributed by atoms with E-state index in [1.165, 1.54) is 16.7 Å². The third kappa shape index (κ3) is 2.60. The van der Waals surface area contributed by atoms with Crippen molar-refractivity contribution in [3.8, 4) is 11.1 Å². The van der Waals surface area contributed by atoms with E-state index in [2.05, 4.69) is 67.6 Å². The third-order valence-electron chi connectivity index (χ3n) is 2.65. The lowest BCUT2D eigenvalue weighted by atomic mass is 10.0. The summed E-state index contributed by atoms with van der Waals surface area (Å²) in [6.45, 7) is 2.05. The number of rotatable bonds is 3. The molecule has 0 aliphatic heterocycles. The number of allylic oxidation sites excluding steroid dienone is 2. The summed E-state index contributed by atoms with van der Waals surface area (Å²) in [5.41, 5.74) is 3.92. The van der Waals surface area contributed by atoms with Gasteiger partial charge in [-0.3, -0.25) is 0 Å². The van der Waals surface area contributed by atoms with Crippen LogP contribution in [0.4, 0.5) is 0 Å². The van der Waals surface area contributed by atoms with Crippen LogP contribution in [0.3, 0.4) is 0 Å². The maximum absolute atomic E-state index is 2.20. The first-order valence-electron chi connectivity index (χ1n) is 5.65. The quantitative estimate of drug-likeness (QED) is 0.653. The fourth-order valence-electron chi connectivity index (χ4n) is 1.72. The maximum atomic E-state index is 2.20. The van der Waals surface area contributed by atoms with Crippen molar-refractivity contribution in [3.05, 3.63) is 72.3 Å². The molecule has 0 N–H and O–H groups in total. The Morgan fingerprint density at radius 3 is 2.06 bits per heavy atom. The molecular weight excluding hydrogens is 192 g/mol. The first kappa shape index (κ1) is 10.7. The minimum atomic E-state index is 1.02. The van der Waals surface area contributed by atoms with Crippen molar-refractivity contribution in [2.75, 3.05) is 0 Å². The van der Waals surface area contributed by atoms with Crippen molar-refractivity contribution in [2.45, 2.75) is 13.3 Å². The van der Waals surface area contributed by atoms with Gasteiger partial charge in [0.05, 0.1) is 0 Å². The minimum absolute atomic E-state index is 1.02. The van der Waals surface area contributed by atoms with E-state index >= 15 is 0 Å². The molecule has 2 aromatic carbocycles. The second-order valence-electron chi connectivity index (χ2n) is 3.84. The second-order valence-corrected chi connectivity index (χ2v) is 3.84. The van der Waals surface area contributed by atoms with Crippen molar-refractivity contribution in [2.24, 2.45) is 0 Å². The average Bonchev–Trinajstić information content (AvgIpc) is 2.38. The predicted molar refractivity (Wildman–Crippen MR) is 70.4 cm³/mol. The van der Waals surface area contributed by atoms with Crippen molar-refractivity contribution in [1.29, 1.82) is 0 Å². The number of benzene rings is 2. The zero-order valence-corrected chi connectivity index (χ0v) is 9.56. The molecule has 0 heteroatoms. The summed E-state index contributed by atoms with van der Waals surface area (Å²) in [6, 6.07) is 19.2. The molecular formula is C16H16. The van der Waals surface area contributed by atoms with Gasteiger partial charge in [-0.05, 0) is 30.0 Å². The van der Waals surface area contributed by atoms with Gasteiger partial charge in [0.1, 0.15) is 0 Å². The highest BCUT2D eigenvalue weighted by Gasteiger charge is 1.95. The lowest BCUT2D eigenvalue weighted by molar-refractivity contribution is 1.26. The summed E-state index contributed by atoms with van der Waals surface area (Å²) >= 11 is 0. The normalized spacial score (nSPS) is 10.8. The van der Waals surface area contributed by atoms with Gasteiger partial charge in [-0.1, -0.05) is 66.7 Å². The van der Waals surface area contributed by atoms with Gasteiger partial charge < -0.3 is 0 Å². The standard InChI is InChI=1S/C16H16/c1-2-3-7-14-10-12-16(13-11-14)15-8-5-4-6-9-15/h2-6,8-13H,7H2,1H3. The van der Waals surface area contributed by atoms with Gasteiger partial charge in [0.2, 0.25) is 0 Å². The summed E-state index contributed by atoms with van der Waals surface area (Å²) in [5.74, 6) is 0. The highest BCUT2D eigenvalue weighted by atomic mass is 14.0. The molecule has 0 saturated carbocycles. The molecule has 0 atom stereocenters. The Morgan fingerprint density at radius 1 is 0.812 bits per heavy atom. The van der Waals surface area contributed by atoms with Crippen molar-refractivity contribution >= 4 is 0 Å². The lowest BCUT2D eigenvalue weighted by Crippen LogP contribution is -1.82. The Hall–Kier alpha value is -1.82. The van der Waals surface area contributed by atoms with Gasteiger partial charge in [0.15, 0.2) is 0 Å². The zero-order chi connectivity index (χ0) is 11.2. The fraction of sp³-hybridized carbons (Fsp3) is 0.125. The van der Waals surface area contributed by atoms with Crippen molar-refractivity contribution < 1.29 is 0 Å². The van der Waals surface area contributed by atoms with Gasteiger partial charge >= 0.3 is 0 Å². The van der Waals surface area contributed by atoms with Crippen LogP contribution in [0, 0.1) is 0 Å². The Labute approximate surface area is 97.3 Å². The molecule has 2 aromatic rings. The monoisotopic (exact) mass is 208 g/mol. The molecule has 0 heterocycles. The van der Waals surface area contributed by atoms with E-state index in [4.69, 9.17) is 0 Å². The van der Waals surface area contributed by atoms with E-state index in [9.17, 15) is 0 Å². The minimum Gasteiger partial charge on any atom is -0.0913 e. The molecule has 0 nitrogen and oxygen atoms in total.